The Morgan fingerprint density at radius 3 is 2.20 bits per heavy atom. The zero-order chi connectivity index (χ0) is 28.7. The van der Waals surface area contributed by atoms with E-state index in [1.165, 1.54) is 24.8 Å². The average molecular weight is 547 g/mol. The van der Waals surface area contributed by atoms with Crippen LogP contribution in [0.5, 0.6) is 0 Å². The van der Waals surface area contributed by atoms with Crippen LogP contribution in [0.4, 0.5) is 4.79 Å². The third-order valence-corrected chi connectivity index (χ3v) is 8.92. The first-order chi connectivity index (χ1) is 18.6. The first-order valence-electron chi connectivity index (χ1n) is 14.0. The molecule has 2 N–H and O–H groups in total. The Bertz CT molecular complexity index is 1430. The number of aromatic nitrogens is 3. The van der Waals surface area contributed by atoms with Gasteiger partial charge in [0.1, 0.15) is 16.8 Å². The van der Waals surface area contributed by atoms with Gasteiger partial charge in [-0.3, -0.25) is 4.98 Å². The molecule has 4 fully saturated rings. The molecule has 9 nitrogen and oxygen atoms in total. The van der Waals surface area contributed by atoms with Crippen LogP contribution in [0.1, 0.15) is 83.4 Å². The van der Waals surface area contributed by atoms with E-state index in [0.29, 0.717) is 29.6 Å². The number of carbonyl (C=O) groups is 1. The fourth-order valence-electron chi connectivity index (χ4n) is 6.59. The van der Waals surface area contributed by atoms with E-state index in [0.717, 1.165) is 11.5 Å². The first-order valence-corrected chi connectivity index (χ1v) is 14.0. The minimum atomic E-state index is -1.48. The molecule has 2 bridgehead atoms. The van der Waals surface area contributed by atoms with Gasteiger partial charge in [-0.05, 0) is 82.4 Å². The molecule has 1 saturated heterocycles. The number of carbonyl (C=O) groups excluding carboxylic acids is 1. The van der Waals surface area contributed by atoms with Crippen molar-refractivity contribution in [3.8, 4) is 11.4 Å². The molecule has 1 aliphatic heterocycles. The lowest BCUT2D eigenvalue weighted by Crippen LogP contribution is -2.66. The molecule has 40 heavy (non-hydrogen) atoms. The molecule has 3 aromatic rings. The molecule has 212 valence electrons. The van der Waals surface area contributed by atoms with Crippen molar-refractivity contribution in [1.82, 2.24) is 20.0 Å². The van der Waals surface area contributed by atoms with Crippen molar-refractivity contribution in [3.63, 3.8) is 0 Å². The van der Waals surface area contributed by atoms with Gasteiger partial charge in [0.05, 0.1) is 0 Å². The maximum Gasteiger partial charge on any atom is 0.410 e. The molecule has 3 heterocycles. The second-order valence-electron chi connectivity index (χ2n) is 13.9. The van der Waals surface area contributed by atoms with Crippen LogP contribution in [-0.2, 0) is 21.4 Å². The summed E-state index contributed by atoms with van der Waals surface area (Å²) in [5, 5.41) is 27.0. The van der Waals surface area contributed by atoms with Gasteiger partial charge in [0.2, 0.25) is 5.82 Å². The molecule has 3 saturated carbocycles. The van der Waals surface area contributed by atoms with Gasteiger partial charge in [0, 0.05) is 42.0 Å². The zero-order valence-electron chi connectivity index (χ0n) is 24.1. The number of aliphatic hydroxyl groups is 2. The summed E-state index contributed by atoms with van der Waals surface area (Å²) in [6.07, 6.45) is 6.61. The number of pyridine rings is 1. The van der Waals surface area contributed by atoms with E-state index in [-0.39, 0.29) is 11.7 Å². The summed E-state index contributed by atoms with van der Waals surface area (Å²) in [5.74, 6) is 1.23. The highest BCUT2D eigenvalue weighted by Crippen LogP contribution is 2.65. The third kappa shape index (κ3) is 4.21. The molecule has 9 heteroatoms. The van der Waals surface area contributed by atoms with E-state index in [1.807, 2.05) is 45.9 Å². The largest absolute Gasteiger partial charge is 0.444 e. The molecular formula is C31H38N4O5. The fourth-order valence-corrected chi connectivity index (χ4v) is 6.59. The Morgan fingerprint density at radius 1 is 1.02 bits per heavy atom. The molecule has 1 aromatic carbocycles. The molecule has 1 amide bonds. The van der Waals surface area contributed by atoms with E-state index in [2.05, 4.69) is 27.3 Å². The number of likely N-dealkylation sites (tertiary alicyclic amines) is 1. The molecular weight excluding hydrogens is 508 g/mol. The lowest BCUT2D eigenvalue weighted by atomic mass is 9.42. The topological polar surface area (TPSA) is 122 Å². The van der Waals surface area contributed by atoms with Crippen molar-refractivity contribution in [2.24, 2.45) is 11.3 Å². The predicted octanol–water partition coefficient (Wildman–Crippen LogP) is 4.90. The van der Waals surface area contributed by atoms with E-state index in [4.69, 9.17) is 9.26 Å². The second kappa shape index (κ2) is 8.60. The van der Waals surface area contributed by atoms with Crippen LogP contribution in [0, 0.1) is 11.3 Å². The zero-order valence-corrected chi connectivity index (χ0v) is 24.1. The second-order valence-corrected chi connectivity index (χ2v) is 13.9. The Balaban J connectivity index is 1.37. The van der Waals surface area contributed by atoms with Gasteiger partial charge >= 0.3 is 6.09 Å². The van der Waals surface area contributed by atoms with Crippen LogP contribution >= 0.6 is 0 Å². The number of nitrogens with zero attached hydrogens (tertiary/aromatic N) is 4. The molecule has 0 unspecified atom stereocenters. The highest BCUT2D eigenvalue weighted by molar-refractivity contribution is 5.70. The van der Waals surface area contributed by atoms with Crippen LogP contribution in [0.2, 0.25) is 0 Å². The van der Waals surface area contributed by atoms with E-state index >= 15 is 0 Å². The van der Waals surface area contributed by atoms with Gasteiger partial charge < -0.3 is 24.4 Å². The van der Waals surface area contributed by atoms with Crippen LogP contribution in [-0.4, -0.2) is 55.0 Å². The number of rotatable bonds is 6. The highest BCUT2D eigenvalue weighted by Gasteiger charge is 2.59. The van der Waals surface area contributed by atoms with Crippen molar-refractivity contribution >= 4 is 6.09 Å². The monoisotopic (exact) mass is 546 g/mol. The average Bonchev–Trinajstić information content (AvgIpc) is 3.30. The highest BCUT2D eigenvalue weighted by atomic mass is 16.6. The number of amides is 1. The lowest BCUT2D eigenvalue weighted by Gasteiger charge is -2.62. The molecule has 0 radical (unpaired) electrons. The third-order valence-electron chi connectivity index (χ3n) is 8.92. The van der Waals surface area contributed by atoms with Crippen LogP contribution < -0.4 is 0 Å². The van der Waals surface area contributed by atoms with Gasteiger partial charge in [-0.25, -0.2) is 4.79 Å². The van der Waals surface area contributed by atoms with Crippen molar-refractivity contribution < 1.29 is 24.3 Å². The summed E-state index contributed by atoms with van der Waals surface area (Å²) < 4.78 is 10.9. The van der Waals surface area contributed by atoms with Gasteiger partial charge in [-0.15, -0.1) is 0 Å². The molecule has 4 aliphatic rings. The van der Waals surface area contributed by atoms with Gasteiger partial charge in [0.15, 0.2) is 0 Å². The van der Waals surface area contributed by atoms with Gasteiger partial charge in [0.25, 0.3) is 5.89 Å². The number of benzene rings is 1. The summed E-state index contributed by atoms with van der Waals surface area (Å²) in [6, 6.07) is 10.1. The summed E-state index contributed by atoms with van der Waals surface area (Å²) in [7, 11) is 0. The molecule has 0 spiro atoms. The SMILES string of the molecule is CC(C)(C)OC(=O)N1CC(C)([C@](O)(c2ccc(C34CC(C3)C4)cc2)c2cncc(-c3noc(C(C)(C)O)n3)c2)C1. The minimum absolute atomic E-state index is 0.0892. The first kappa shape index (κ1) is 26.9. The number of ether oxygens (including phenoxy) is 1. The maximum atomic E-state index is 12.8. The van der Waals surface area contributed by atoms with E-state index < -0.39 is 28.3 Å². The summed E-state index contributed by atoms with van der Waals surface area (Å²) in [5.41, 5.74) is -0.616. The standard InChI is InChI=1S/C31H38N4O5/c1-27(2,3)39-26(36)35-17-29(6,18-35)31(38,22-9-7-21(8-10-22)30-12-19(13-30)14-30)23-11-20(15-32-16-23)24-33-25(40-34-24)28(4,5)37/h7-11,15-16,19,37-38H,12-14,17-18H2,1-6H3/t19?,30?,31-/m0/s1. The smallest absolute Gasteiger partial charge is 0.410 e. The van der Waals surface area contributed by atoms with Crippen molar-refractivity contribution in [1.29, 1.82) is 0 Å². The summed E-state index contributed by atoms with van der Waals surface area (Å²) in [4.78, 5) is 23.2. The van der Waals surface area contributed by atoms with E-state index in [1.54, 1.807) is 31.1 Å². The van der Waals surface area contributed by atoms with Crippen molar-refractivity contribution in [2.75, 3.05) is 13.1 Å². The maximum absolute atomic E-state index is 12.8. The van der Waals surface area contributed by atoms with Gasteiger partial charge in [-0.1, -0.05) is 36.3 Å². The van der Waals surface area contributed by atoms with Crippen LogP contribution in [0.3, 0.4) is 0 Å². The Kier molecular flexibility index (Phi) is 5.78. The predicted molar refractivity (Wildman–Crippen MR) is 147 cm³/mol. The number of hydrogen-bond acceptors (Lipinski definition) is 8. The van der Waals surface area contributed by atoms with E-state index in [9.17, 15) is 15.0 Å². The van der Waals surface area contributed by atoms with Crippen LogP contribution in [0.25, 0.3) is 11.4 Å². The summed E-state index contributed by atoms with van der Waals surface area (Å²) >= 11 is 0. The Labute approximate surface area is 234 Å². The van der Waals surface area contributed by atoms with Crippen LogP contribution in [0.15, 0.2) is 47.2 Å². The molecule has 1 atom stereocenters. The van der Waals surface area contributed by atoms with Crippen molar-refractivity contribution in [2.45, 2.75) is 83.0 Å². The minimum Gasteiger partial charge on any atom is -0.444 e. The normalized spacial score (nSPS) is 24.8. The molecule has 2 aromatic heterocycles. The number of hydrogen-bond donors (Lipinski definition) is 2. The Morgan fingerprint density at radius 2 is 1.68 bits per heavy atom. The molecule has 3 aliphatic carbocycles. The summed E-state index contributed by atoms with van der Waals surface area (Å²) in [6.45, 7) is 11.3. The van der Waals surface area contributed by atoms with Gasteiger partial charge in [-0.2, -0.15) is 4.98 Å². The fraction of sp³-hybridized carbons (Fsp3) is 0.548. The lowest BCUT2D eigenvalue weighted by molar-refractivity contribution is -0.131. The quantitative estimate of drug-likeness (QED) is 0.448. The Hall–Kier alpha value is -3.30. The molecule has 7 rings (SSSR count). The van der Waals surface area contributed by atoms with Crippen molar-refractivity contribution in [3.05, 3.63) is 65.3 Å².